The summed E-state index contributed by atoms with van der Waals surface area (Å²) in [5.74, 6) is 7.20. The highest BCUT2D eigenvalue weighted by Crippen LogP contribution is 2.29. The topological polar surface area (TPSA) is 50.4 Å². The number of hydrogen-bond donors (Lipinski definition) is 2. The zero-order valence-electron chi connectivity index (χ0n) is 8.93. The van der Waals surface area contributed by atoms with Crippen LogP contribution in [0.5, 0.6) is 0 Å². The molecule has 76 valence electrons. The number of rotatable bonds is 2. The maximum absolute atomic E-state index is 5.43. The van der Waals surface area contributed by atoms with E-state index in [0.29, 0.717) is 0 Å². The lowest BCUT2D eigenvalue weighted by molar-refractivity contribution is 0.324. The maximum atomic E-state index is 5.43. The van der Waals surface area contributed by atoms with E-state index in [2.05, 4.69) is 31.2 Å². The van der Waals surface area contributed by atoms with Gasteiger partial charge >= 0.3 is 0 Å². The van der Waals surface area contributed by atoms with Gasteiger partial charge in [0.05, 0.1) is 5.54 Å². The molecule has 1 fully saturated rings. The van der Waals surface area contributed by atoms with E-state index < -0.39 is 0 Å². The summed E-state index contributed by atoms with van der Waals surface area (Å²) in [6.45, 7) is 6.27. The third-order valence-corrected chi connectivity index (χ3v) is 2.34. The summed E-state index contributed by atoms with van der Waals surface area (Å²) >= 11 is 0. The molecule has 0 unspecified atom stereocenters. The fraction of sp³-hybridized carbons (Fsp3) is 0.900. The average Bonchev–Trinajstić information content (AvgIpc) is 1.91. The molecule has 0 spiro atoms. The van der Waals surface area contributed by atoms with Crippen molar-refractivity contribution in [2.45, 2.75) is 52.0 Å². The monoisotopic (exact) mass is 183 g/mol. The zero-order valence-corrected chi connectivity index (χ0v) is 8.93. The first kappa shape index (κ1) is 10.5. The lowest BCUT2D eigenvalue weighted by atomic mass is 9.82. The average molecular weight is 183 g/mol. The van der Waals surface area contributed by atoms with Crippen LogP contribution < -0.4 is 11.3 Å². The molecule has 0 aromatic rings. The van der Waals surface area contributed by atoms with Crippen LogP contribution in [0.2, 0.25) is 0 Å². The summed E-state index contributed by atoms with van der Waals surface area (Å²) in [6, 6.07) is 0. The molecule has 0 aromatic heterocycles. The second kappa shape index (κ2) is 4.09. The van der Waals surface area contributed by atoms with Crippen molar-refractivity contribution in [1.29, 1.82) is 0 Å². The zero-order chi connectivity index (χ0) is 9.90. The number of nitrogens with two attached hydrogens (primary N) is 1. The molecule has 0 bridgehead atoms. The molecule has 0 atom stereocenters. The van der Waals surface area contributed by atoms with Gasteiger partial charge in [0.2, 0.25) is 0 Å². The molecule has 3 heteroatoms. The third kappa shape index (κ3) is 3.77. The Morgan fingerprint density at radius 3 is 2.38 bits per heavy atom. The summed E-state index contributed by atoms with van der Waals surface area (Å²) in [6.07, 6.45) is 5.07. The van der Waals surface area contributed by atoms with E-state index in [1.165, 1.54) is 19.3 Å². The highest BCUT2D eigenvalue weighted by molar-refractivity contribution is 5.82. The van der Waals surface area contributed by atoms with Crippen LogP contribution in [0.3, 0.4) is 0 Å². The van der Waals surface area contributed by atoms with Crippen molar-refractivity contribution in [3.05, 3.63) is 0 Å². The van der Waals surface area contributed by atoms with E-state index in [1.54, 1.807) is 0 Å². The van der Waals surface area contributed by atoms with Gasteiger partial charge in [-0.2, -0.15) is 0 Å². The Bertz CT molecular complexity index is 187. The van der Waals surface area contributed by atoms with Gasteiger partial charge in [-0.1, -0.05) is 19.3 Å². The van der Waals surface area contributed by atoms with Crippen LogP contribution in [-0.4, -0.2) is 11.4 Å². The number of aliphatic imine (C=N–C) groups is 1. The van der Waals surface area contributed by atoms with Crippen LogP contribution in [0, 0.1) is 5.92 Å². The predicted molar refractivity (Wildman–Crippen MR) is 56.5 cm³/mol. The van der Waals surface area contributed by atoms with Crippen LogP contribution in [0.25, 0.3) is 0 Å². The molecule has 3 N–H and O–H groups in total. The molecule has 0 saturated heterocycles. The maximum Gasteiger partial charge on any atom is 0.111 e. The Morgan fingerprint density at radius 1 is 1.46 bits per heavy atom. The Morgan fingerprint density at radius 2 is 2.08 bits per heavy atom. The Hall–Kier alpha value is -0.570. The standard InChI is InChI=1S/C10H21N3/c1-10(2,3)12-9(13-11)7-8-5-4-6-8/h8H,4-7,11H2,1-3H3,(H,12,13). The number of amidine groups is 1. The van der Waals surface area contributed by atoms with Crippen LogP contribution in [0.4, 0.5) is 0 Å². The quantitative estimate of drug-likeness (QED) is 0.297. The predicted octanol–water partition coefficient (Wildman–Crippen LogP) is 1.84. The minimum absolute atomic E-state index is 0.0224. The van der Waals surface area contributed by atoms with E-state index >= 15 is 0 Å². The molecule has 1 aliphatic carbocycles. The SMILES string of the molecule is CC(C)(C)N=C(CC1CCC1)NN. The minimum Gasteiger partial charge on any atom is -0.312 e. The third-order valence-electron chi connectivity index (χ3n) is 2.34. The van der Waals surface area contributed by atoms with Crippen LogP contribution in [0.1, 0.15) is 46.5 Å². The Labute approximate surface area is 80.8 Å². The van der Waals surface area contributed by atoms with Crippen molar-refractivity contribution < 1.29 is 0 Å². The molecule has 0 amide bonds. The largest absolute Gasteiger partial charge is 0.312 e. The molecule has 0 aliphatic heterocycles. The molecule has 0 aromatic carbocycles. The van der Waals surface area contributed by atoms with Gasteiger partial charge < -0.3 is 5.43 Å². The van der Waals surface area contributed by atoms with E-state index in [-0.39, 0.29) is 5.54 Å². The molecule has 0 radical (unpaired) electrons. The van der Waals surface area contributed by atoms with Gasteiger partial charge in [0.25, 0.3) is 0 Å². The minimum atomic E-state index is -0.0224. The lowest BCUT2D eigenvalue weighted by Gasteiger charge is -2.26. The first-order chi connectivity index (χ1) is 6.01. The van der Waals surface area contributed by atoms with Gasteiger partial charge in [-0.25, -0.2) is 5.84 Å². The Kier molecular flexibility index (Phi) is 3.31. The van der Waals surface area contributed by atoms with Crippen molar-refractivity contribution in [3.8, 4) is 0 Å². The first-order valence-electron chi connectivity index (χ1n) is 5.06. The normalized spacial score (nSPS) is 19.8. The van der Waals surface area contributed by atoms with E-state index in [9.17, 15) is 0 Å². The molecule has 1 saturated carbocycles. The number of nitrogens with zero attached hydrogens (tertiary/aromatic N) is 1. The molecule has 3 nitrogen and oxygen atoms in total. The molecular formula is C10H21N3. The van der Waals surface area contributed by atoms with Crippen molar-refractivity contribution in [2.24, 2.45) is 16.8 Å². The molecule has 13 heavy (non-hydrogen) atoms. The molecule has 1 rings (SSSR count). The summed E-state index contributed by atoms with van der Waals surface area (Å²) in [4.78, 5) is 4.53. The van der Waals surface area contributed by atoms with Crippen molar-refractivity contribution in [2.75, 3.05) is 0 Å². The molecule has 1 aliphatic rings. The van der Waals surface area contributed by atoms with E-state index in [0.717, 1.165) is 18.2 Å². The Balaban J connectivity index is 2.45. The van der Waals surface area contributed by atoms with Crippen molar-refractivity contribution >= 4 is 5.84 Å². The van der Waals surface area contributed by atoms with Crippen LogP contribution >= 0.6 is 0 Å². The second-order valence-electron chi connectivity index (χ2n) is 4.87. The fourth-order valence-corrected chi connectivity index (χ4v) is 1.51. The van der Waals surface area contributed by atoms with Crippen LogP contribution in [0.15, 0.2) is 4.99 Å². The van der Waals surface area contributed by atoms with E-state index in [4.69, 9.17) is 5.84 Å². The summed E-state index contributed by atoms with van der Waals surface area (Å²) in [5.41, 5.74) is 2.69. The lowest BCUT2D eigenvalue weighted by Crippen LogP contribution is -2.35. The van der Waals surface area contributed by atoms with Gasteiger partial charge in [-0.15, -0.1) is 0 Å². The summed E-state index contributed by atoms with van der Waals surface area (Å²) < 4.78 is 0. The van der Waals surface area contributed by atoms with Gasteiger partial charge in [-0.3, -0.25) is 4.99 Å². The van der Waals surface area contributed by atoms with Crippen LogP contribution in [-0.2, 0) is 0 Å². The first-order valence-corrected chi connectivity index (χ1v) is 5.06. The van der Waals surface area contributed by atoms with E-state index in [1.807, 2.05) is 0 Å². The number of nitrogens with one attached hydrogen (secondary N) is 1. The van der Waals surface area contributed by atoms with Crippen molar-refractivity contribution in [1.82, 2.24) is 5.43 Å². The van der Waals surface area contributed by atoms with Crippen molar-refractivity contribution in [3.63, 3.8) is 0 Å². The number of hydrogen-bond acceptors (Lipinski definition) is 2. The summed E-state index contributed by atoms with van der Waals surface area (Å²) in [5, 5.41) is 0. The highest BCUT2D eigenvalue weighted by Gasteiger charge is 2.20. The van der Waals surface area contributed by atoms with Gasteiger partial charge in [0, 0.05) is 6.42 Å². The fourth-order valence-electron chi connectivity index (χ4n) is 1.51. The number of hydrazine groups is 1. The van der Waals surface area contributed by atoms with Gasteiger partial charge in [0.1, 0.15) is 5.84 Å². The second-order valence-corrected chi connectivity index (χ2v) is 4.87. The molecular weight excluding hydrogens is 162 g/mol. The highest BCUT2D eigenvalue weighted by atomic mass is 15.3. The summed E-state index contributed by atoms with van der Waals surface area (Å²) in [7, 11) is 0. The smallest absolute Gasteiger partial charge is 0.111 e. The molecule has 0 heterocycles. The van der Waals surface area contributed by atoms with Gasteiger partial charge in [0.15, 0.2) is 0 Å². The van der Waals surface area contributed by atoms with Gasteiger partial charge in [-0.05, 0) is 26.7 Å².